The van der Waals surface area contributed by atoms with E-state index in [2.05, 4.69) is 36.5 Å². The molecule has 2 aromatic carbocycles. The lowest BCUT2D eigenvalue weighted by molar-refractivity contribution is 0.112. The van der Waals surface area contributed by atoms with Crippen LogP contribution in [0.15, 0.2) is 48.5 Å². The highest BCUT2D eigenvalue weighted by molar-refractivity contribution is 5.74. The third kappa shape index (κ3) is 3.54. The molecule has 0 amide bonds. The van der Waals surface area contributed by atoms with Gasteiger partial charge in [0, 0.05) is 18.7 Å². The molecular formula is C16H17NO. The minimum absolute atomic E-state index is 0.727. The predicted molar refractivity (Wildman–Crippen MR) is 73.6 cm³/mol. The van der Waals surface area contributed by atoms with Gasteiger partial charge in [-0.2, -0.15) is 0 Å². The van der Waals surface area contributed by atoms with Crippen LogP contribution in [0.1, 0.15) is 27.0 Å². The smallest absolute Gasteiger partial charge is 0.150 e. The topological polar surface area (TPSA) is 29.1 Å². The normalized spacial score (nSPS) is 10.3. The first-order chi connectivity index (χ1) is 8.78. The molecule has 92 valence electrons. The lowest BCUT2D eigenvalue weighted by Crippen LogP contribution is -2.12. The molecule has 0 spiro atoms. The zero-order chi connectivity index (χ0) is 12.8. The molecular weight excluding hydrogens is 222 g/mol. The molecule has 0 atom stereocenters. The van der Waals surface area contributed by atoms with E-state index in [-0.39, 0.29) is 0 Å². The van der Waals surface area contributed by atoms with Crippen LogP contribution in [0, 0.1) is 6.92 Å². The fourth-order valence-corrected chi connectivity index (χ4v) is 1.83. The minimum Gasteiger partial charge on any atom is -0.309 e. The Morgan fingerprint density at radius 1 is 1.00 bits per heavy atom. The van der Waals surface area contributed by atoms with Crippen molar-refractivity contribution in [3.8, 4) is 0 Å². The van der Waals surface area contributed by atoms with E-state index in [1.54, 1.807) is 0 Å². The highest BCUT2D eigenvalue weighted by Crippen LogP contribution is 2.05. The standard InChI is InChI=1S/C16H17NO/c1-13-5-7-14(8-6-13)10-17-11-15-3-2-4-16(9-15)12-18/h2-9,12,17H,10-11H2,1H3. The predicted octanol–water partition coefficient (Wildman–Crippen LogP) is 3.10. The molecule has 0 saturated heterocycles. The summed E-state index contributed by atoms with van der Waals surface area (Å²) < 4.78 is 0. The molecule has 2 rings (SSSR count). The molecule has 0 heterocycles. The first kappa shape index (κ1) is 12.5. The van der Waals surface area contributed by atoms with Crippen LogP contribution >= 0.6 is 0 Å². The van der Waals surface area contributed by atoms with Crippen LogP contribution in [0.3, 0.4) is 0 Å². The van der Waals surface area contributed by atoms with Crippen molar-refractivity contribution in [2.45, 2.75) is 20.0 Å². The van der Waals surface area contributed by atoms with Crippen molar-refractivity contribution >= 4 is 6.29 Å². The molecule has 2 nitrogen and oxygen atoms in total. The molecule has 2 aromatic rings. The van der Waals surface area contributed by atoms with Gasteiger partial charge in [-0.25, -0.2) is 0 Å². The minimum atomic E-state index is 0.727. The summed E-state index contributed by atoms with van der Waals surface area (Å²) in [6.45, 7) is 3.70. The van der Waals surface area contributed by atoms with Crippen molar-refractivity contribution in [3.63, 3.8) is 0 Å². The van der Waals surface area contributed by atoms with E-state index in [1.165, 1.54) is 11.1 Å². The van der Waals surface area contributed by atoms with Crippen molar-refractivity contribution < 1.29 is 4.79 Å². The number of aldehydes is 1. The molecule has 2 heteroatoms. The van der Waals surface area contributed by atoms with Crippen LogP contribution in [0.25, 0.3) is 0 Å². The first-order valence-electron chi connectivity index (χ1n) is 6.08. The van der Waals surface area contributed by atoms with Crippen molar-refractivity contribution in [2.75, 3.05) is 0 Å². The molecule has 1 N–H and O–H groups in total. The number of carbonyl (C=O) groups excluding carboxylic acids is 1. The Morgan fingerprint density at radius 2 is 1.72 bits per heavy atom. The van der Waals surface area contributed by atoms with E-state index in [0.717, 1.165) is 30.5 Å². The van der Waals surface area contributed by atoms with Gasteiger partial charge in [0.1, 0.15) is 6.29 Å². The molecule has 0 saturated carbocycles. The van der Waals surface area contributed by atoms with Gasteiger partial charge in [0.25, 0.3) is 0 Å². The summed E-state index contributed by atoms with van der Waals surface area (Å²) in [6.07, 6.45) is 0.878. The second-order valence-corrected chi connectivity index (χ2v) is 4.45. The zero-order valence-corrected chi connectivity index (χ0v) is 10.5. The van der Waals surface area contributed by atoms with Gasteiger partial charge in [0.05, 0.1) is 0 Å². The summed E-state index contributed by atoms with van der Waals surface area (Å²) >= 11 is 0. The number of benzene rings is 2. The second kappa shape index (κ2) is 6.12. The summed E-state index contributed by atoms with van der Waals surface area (Å²) in [7, 11) is 0. The van der Waals surface area contributed by atoms with Crippen LogP contribution < -0.4 is 5.32 Å². The maximum absolute atomic E-state index is 10.7. The summed E-state index contributed by atoms with van der Waals surface area (Å²) in [6, 6.07) is 16.1. The van der Waals surface area contributed by atoms with Gasteiger partial charge in [-0.05, 0) is 24.1 Å². The van der Waals surface area contributed by atoms with Crippen LogP contribution in [-0.4, -0.2) is 6.29 Å². The molecule has 0 fully saturated rings. The van der Waals surface area contributed by atoms with E-state index in [0.29, 0.717) is 0 Å². The number of hydrogen-bond donors (Lipinski definition) is 1. The van der Waals surface area contributed by atoms with Gasteiger partial charge in [-0.15, -0.1) is 0 Å². The second-order valence-electron chi connectivity index (χ2n) is 4.45. The van der Waals surface area contributed by atoms with Gasteiger partial charge in [-0.1, -0.05) is 48.0 Å². The van der Waals surface area contributed by atoms with E-state index in [9.17, 15) is 4.79 Å². The van der Waals surface area contributed by atoms with E-state index in [1.807, 2.05) is 24.3 Å². The third-order valence-electron chi connectivity index (χ3n) is 2.87. The molecule has 0 radical (unpaired) electrons. The van der Waals surface area contributed by atoms with Crippen LogP contribution in [0.4, 0.5) is 0 Å². The summed E-state index contributed by atoms with van der Waals surface area (Å²) in [5.41, 5.74) is 4.40. The van der Waals surface area contributed by atoms with Crippen molar-refractivity contribution in [1.29, 1.82) is 0 Å². The van der Waals surface area contributed by atoms with E-state index in [4.69, 9.17) is 0 Å². The Labute approximate surface area is 108 Å². The Hall–Kier alpha value is -1.93. The third-order valence-corrected chi connectivity index (χ3v) is 2.87. The quantitative estimate of drug-likeness (QED) is 0.812. The maximum atomic E-state index is 10.7. The molecule has 18 heavy (non-hydrogen) atoms. The van der Waals surface area contributed by atoms with Crippen LogP contribution in [-0.2, 0) is 13.1 Å². The number of rotatable bonds is 5. The van der Waals surface area contributed by atoms with Gasteiger partial charge >= 0.3 is 0 Å². The van der Waals surface area contributed by atoms with Gasteiger partial charge in [-0.3, -0.25) is 4.79 Å². The molecule has 0 aromatic heterocycles. The molecule has 0 bridgehead atoms. The van der Waals surface area contributed by atoms with Crippen molar-refractivity contribution in [1.82, 2.24) is 5.32 Å². The summed E-state index contributed by atoms with van der Waals surface area (Å²) in [5, 5.41) is 3.37. The van der Waals surface area contributed by atoms with Gasteiger partial charge in [0.15, 0.2) is 0 Å². The number of nitrogens with one attached hydrogen (secondary N) is 1. The number of carbonyl (C=O) groups is 1. The molecule has 0 unspecified atom stereocenters. The van der Waals surface area contributed by atoms with Gasteiger partial charge in [0.2, 0.25) is 0 Å². The van der Waals surface area contributed by atoms with Gasteiger partial charge < -0.3 is 5.32 Å². The highest BCUT2D eigenvalue weighted by Gasteiger charge is 1.96. The zero-order valence-electron chi connectivity index (χ0n) is 10.5. The largest absolute Gasteiger partial charge is 0.309 e. The molecule has 0 aliphatic carbocycles. The Bertz CT molecular complexity index is 517. The fraction of sp³-hybridized carbons (Fsp3) is 0.188. The van der Waals surface area contributed by atoms with E-state index < -0.39 is 0 Å². The Kier molecular flexibility index (Phi) is 4.26. The average molecular weight is 239 g/mol. The van der Waals surface area contributed by atoms with E-state index >= 15 is 0 Å². The summed E-state index contributed by atoms with van der Waals surface area (Å²) in [5.74, 6) is 0. The lowest BCUT2D eigenvalue weighted by Gasteiger charge is -2.06. The lowest BCUT2D eigenvalue weighted by atomic mass is 10.1. The van der Waals surface area contributed by atoms with Crippen LogP contribution in [0.2, 0.25) is 0 Å². The average Bonchev–Trinajstić information content (AvgIpc) is 2.41. The van der Waals surface area contributed by atoms with Crippen LogP contribution in [0.5, 0.6) is 0 Å². The monoisotopic (exact) mass is 239 g/mol. The molecule has 0 aliphatic heterocycles. The van der Waals surface area contributed by atoms with Crippen molar-refractivity contribution in [2.24, 2.45) is 0 Å². The highest BCUT2D eigenvalue weighted by atomic mass is 16.1. The fourth-order valence-electron chi connectivity index (χ4n) is 1.83. The summed E-state index contributed by atoms with van der Waals surface area (Å²) in [4.78, 5) is 10.7. The van der Waals surface area contributed by atoms with Crippen molar-refractivity contribution in [3.05, 3.63) is 70.8 Å². The maximum Gasteiger partial charge on any atom is 0.150 e. The first-order valence-corrected chi connectivity index (χ1v) is 6.08. The SMILES string of the molecule is Cc1ccc(CNCc2cccc(C=O)c2)cc1. The number of aryl methyl sites for hydroxylation is 1. The number of hydrogen-bond acceptors (Lipinski definition) is 2. The Morgan fingerprint density at radius 3 is 2.44 bits per heavy atom. The Balaban J connectivity index is 1.88. The molecule has 0 aliphatic rings.